The molecule has 1 aromatic rings. The molecule has 0 spiro atoms. The Hall–Kier alpha value is -1.43. The lowest BCUT2D eigenvalue weighted by Gasteiger charge is -2.33. The van der Waals surface area contributed by atoms with Gasteiger partial charge in [-0.15, -0.1) is 0 Å². The summed E-state index contributed by atoms with van der Waals surface area (Å²) >= 11 is 0. The van der Waals surface area contributed by atoms with Gasteiger partial charge in [0.2, 0.25) is 11.8 Å². The van der Waals surface area contributed by atoms with Gasteiger partial charge in [-0.25, -0.2) is 0 Å². The van der Waals surface area contributed by atoms with E-state index in [1.165, 1.54) is 12.8 Å². The maximum absolute atomic E-state index is 12.3. The number of ether oxygens (including phenoxy) is 1. The summed E-state index contributed by atoms with van der Waals surface area (Å²) in [6, 6.07) is 0. The topological polar surface area (TPSA) is 68.5 Å². The fourth-order valence-corrected chi connectivity index (χ4v) is 2.69. The number of morpholine rings is 1. The van der Waals surface area contributed by atoms with Gasteiger partial charge in [-0.2, -0.15) is 4.98 Å². The molecule has 3 rings (SSSR count). The number of hydrogen-bond acceptors (Lipinski definition) is 5. The first kappa shape index (κ1) is 15.5. The lowest BCUT2D eigenvalue weighted by atomic mass is 9.96. The summed E-state index contributed by atoms with van der Waals surface area (Å²) in [4.78, 5) is 18.6. The standard InChI is InChI=1S/C16H25N3O3/c1-16(2,3)15-17-13(22-18-15)6-7-14(20)19-8-9-21-12(10-19)11-4-5-11/h11-12H,4-10H2,1-3H3. The molecule has 1 aromatic heterocycles. The number of aryl methyl sites for hydroxylation is 1. The molecule has 6 nitrogen and oxygen atoms in total. The molecule has 0 aromatic carbocycles. The molecule has 1 amide bonds. The third-order valence-electron chi connectivity index (χ3n) is 4.29. The Kier molecular flexibility index (Phi) is 4.21. The van der Waals surface area contributed by atoms with E-state index in [-0.39, 0.29) is 17.4 Å². The predicted octanol–water partition coefficient (Wildman–Crippen LogP) is 1.94. The predicted molar refractivity (Wildman–Crippen MR) is 80.4 cm³/mol. The van der Waals surface area contributed by atoms with Gasteiger partial charge in [0.25, 0.3) is 0 Å². The molecule has 1 unspecified atom stereocenters. The van der Waals surface area contributed by atoms with Crippen molar-refractivity contribution < 1.29 is 14.1 Å². The molecule has 22 heavy (non-hydrogen) atoms. The summed E-state index contributed by atoms with van der Waals surface area (Å²) in [6.45, 7) is 8.21. The Labute approximate surface area is 131 Å². The maximum atomic E-state index is 12.3. The molecule has 1 saturated heterocycles. The summed E-state index contributed by atoms with van der Waals surface area (Å²) in [5.74, 6) is 2.06. The van der Waals surface area contributed by atoms with Crippen molar-refractivity contribution in [2.24, 2.45) is 5.92 Å². The van der Waals surface area contributed by atoms with Crippen molar-refractivity contribution in [2.45, 2.75) is 58.0 Å². The number of nitrogens with zero attached hydrogens (tertiary/aromatic N) is 3. The molecule has 2 aliphatic rings. The molecule has 1 saturated carbocycles. The molecular weight excluding hydrogens is 282 g/mol. The highest BCUT2D eigenvalue weighted by Crippen LogP contribution is 2.35. The van der Waals surface area contributed by atoms with E-state index in [2.05, 4.69) is 10.1 Å². The van der Waals surface area contributed by atoms with Gasteiger partial charge >= 0.3 is 0 Å². The van der Waals surface area contributed by atoms with Crippen LogP contribution in [-0.4, -0.2) is 46.7 Å². The van der Waals surface area contributed by atoms with Crippen LogP contribution in [0.4, 0.5) is 0 Å². The van der Waals surface area contributed by atoms with Gasteiger partial charge in [0, 0.05) is 31.3 Å². The minimum Gasteiger partial charge on any atom is -0.374 e. The highest BCUT2D eigenvalue weighted by atomic mass is 16.5. The van der Waals surface area contributed by atoms with Crippen LogP contribution < -0.4 is 0 Å². The number of aromatic nitrogens is 2. The van der Waals surface area contributed by atoms with Gasteiger partial charge < -0.3 is 14.2 Å². The first-order valence-electron chi connectivity index (χ1n) is 8.16. The van der Waals surface area contributed by atoms with Crippen LogP contribution in [0.5, 0.6) is 0 Å². The van der Waals surface area contributed by atoms with E-state index in [1.54, 1.807) is 0 Å². The van der Waals surface area contributed by atoms with Crippen molar-refractivity contribution in [3.8, 4) is 0 Å². The highest BCUT2D eigenvalue weighted by Gasteiger charge is 2.36. The maximum Gasteiger partial charge on any atom is 0.227 e. The van der Waals surface area contributed by atoms with Crippen LogP contribution in [0, 0.1) is 5.92 Å². The number of carbonyl (C=O) groups excluding carboxylic acids is 1. The largest absolute Gasteiger partial charge is 0.374 e. The van der Waals surface area contributed by atoms with Crippen LogP contribution in [0.1, 0.15) is 51.7 Å². The van der Waals surface area contributed by atoms with Crippen LogP contribution in [0.3, 0.4) is 0 Å². The minimum absolute atomic E-state index is 0.131. The molecule has 0 bridgehead atoms. The van der Waals surface area contributed by atoms with Crippen LogP contribution >= 0.6 is 0 Å². The van der Waals surface area contributed by atoms with E-state index in [0.29, 0.717) is 43.6 Å². The zero-order chi connectivity index (χ0) is 15.7. The second kappa shape index (κ2) is 5.99. The zero-order valence-corrected chi connectivity index (χ0v) is 13.7. The third-order valence-corrected chi connectivity index (χ3v) is 4.29. The molecule has 6 heteroatoms. The Morgan fingerprint density at radius 3 is 2.77 bits per heavy atom. The lowest BCUT2D eigenvalue weighted by molar-refractivity contribution is -0.139. The van der Waals surface area contributed by atoms with Crippen molar-refractivity contribution in [2.75, 3.05) is 19.7 Å². The minimum atomic E-state index is -0.131. The molecule has 0 radical (unpaired) electrons. The van der Waals surface area contributed by atoms with Gasteiger partial charge in [-0.05, 0) is 18.8 Å². The van der Waals surface area contributed by atoms with Crippen molar-refractivity contribution in [3.05, 3.63) is 11.7 Å². The van der Waals surface area contributed by atoms with E-state index < -0.39 is 0 Å². The van der Waals surface area contributed by atoms with E-state index in [4.69, 9.17) is 9.26 Å². The highest BCUT2D eigenvalue weighted by molar-refractivity contribution is 5.76. The van der Waals surface area contributed by atoms with Crippen LogP contribution in [0.15, 0.2) is 4.52 Å². The molecule has 1 atom stereocenters. The van der Waals surface area contributed by atoms with Gasteiger partial charge in [-0.3, -0.25) is 4.79 Å². The Morgan fingerprint density at radius 2 is 2.14 bits per heavy atom. The monoisotopic (exact) mass is 307 g/mol. The fraction of sp³-hybridized carbons (Fsp3) is 0.812. The summed E-state index contributed by atoms with van der Waals surface area (Å²) < 4.78 is 11.0. The Bertz CT molecular complexity index is 531. The average Bonchev–Trinajstić information content (AvgIpc) is 3.22. The summed E-state index contributed by atoms with van der Waals surface area (Å²) in [6.07, 6.45) is 3.65. The van der Waals surface area contributed by atoms with Gasteiger partial charge in [0.1, 0.15) is 0 Å². The van der Waals surface area contributed by atoms with E-state index in [1.807, 2.05) is 25.7 Å². The first-order chi connectivity index (χ1) is 10.4. The molecular formula is C16H25N3O3. The van der Waals surface area contributed by atoms with Crippen molar-refractivity contribution in [1.29, 1.82) is 0 Å². The van der Waals surface area contributed by atoms with Crippen molar-refractivity contribution >= 4 is 5.91 Å². The number of hydrogen-bond donors (Lipinski definition) is 0. The molecule has 2 heterocycles. The molecule has 0 N–H and O–H groups in total. The Balaban J connectivity index is 1.50. The Morgan fingerprint density at radius 1 is 1.36 bits per heavy atom. The number of amides is 1. The zero-order valence-electron chi connectivity index (χ0n) is 13.7. The molecule has 1 aliphatic heterocycles. The quantitative estimate of drug-likeness (QED) is 0.850. The molecule has 122 valence electrons. The number of carbonyl (C=O) groups is 1. The summed E-state index contributed by atoms with van der Waals surface area (Å²) in [5, 5.41) is 3.99. The van der Waals surface area contributed by atoms with Crippen molar-refractivity contribution in [1.82, 2.24) is 15.0 Å². The summed E-state index contributed by atoms with van der Waals surface area (Å²) in [5.41, 5.74) is -0.131. The van der Waals surface area contributed by atoms with Gasteiger partial charge in [-0.1, -0.05) is 25.9 Å². The van der Waals surface area contributed by atoms with E-state index in [9.17, 15) is 4.79 Å². The average molecular weight is 307 g/mol. The molecule has 1 aliphatic carbocycles. The van der Waals surface area contributed by atoms with Gasteiger partial charge in [0.15, 0.2) is 5.82 Å². The van der Waals surface area contributed by atoms with Gasteiger partial charge in [0.05, 0.1) is 12.7 Å². The van der Waals surface area contributed by atoms with E-state index >= 15 is 0 Å². The normalized spacial score (nSPS) is 22.9. The van der Waals surface area contributed by atoms with Crippen LogP contribution in [-0.2, 0) is 21.4 Å². The molecule has 2 fully saturated rings. The van der Waals surface area contributed by atoms with Crippen LogP contribution in [0.25, 0.3) is 0 Å². The summed E-state index contributed by atoms with van der Waals surface area (Å²) in [7, 11) is 0. The third kappa shape index (κ3) is 3.66. The van der Waals surface area contributed by atoms with Crippen LogP contribution in [0.2, 0.25) is 0 Å². The van der Waals surface area contributed by atoms with E-state index in [0.717, 1.165) is 6.54 Å². The lowest BCUT2D eigenvalue weighted by Crippen LogP contribution is -2.46. The second-order valence-corrected chi connectivity index (χ2v) is 7.35. The van der Waals surface area contributed by atoms with Crippen molar-refractivity contribution in [3.63, 3.8) is 0 Å². The fourth-order valence-electron chi connectivity index (χ4n) is 2.69. The number of rotatable bonds is 4. The first-order valence-corrected chi connectivity index (χ1v) is 8.16. The smallest absolute Gasteiger partial charge is 0.227 e. The SMILES string of the molecule is CC(C)(C)c1noc(CCC(=O)N2CCOC(C3CC3)C2)n1. The second-order valence-electron chi connectivity index (χ2n) is 7.35.